The fraction of sp³-hybridized carbons (Fsp3) is 0.214. The van der Waals surface area contributed by atoms with Gasteiger partial charge in [0.2, 0.25) is 0 Å². The second-order valence-corrected chi connectivity index (χ2v) is 4.32. The Kier molecular flexibility index (Phi) is 2.44. The number of carbonyl (C=O) groups excluding carboxylic acids is 1. The Balaban J connectivity index is 1.76. The van der Waals surface area contributed by atoms with E-state index in [1.807, 2.05) is 18.2 Å². The summed E-state index contributed by atoms with van der Waals surface area (Å²) < 4.78 is 0. The van der Waals surface area contributed by atoms with E-state index in [1.165, 1.54) is 11.9 Å². The molecule has 1 fully saturated rings. The van der Waals surface area contributed by atoms with Gasteiger partial charge in [0.05, 0.1) is 0 Å². The topological polar surface area (TPSA) is 42.9 Å². The van der Waals surface area contributed by atoms with Crippen LogP contribution in [0.1, 0.15) is 28.4 Å². The minimum Gasteiger partial charge on any atom is -0.292 e. The zero-order valence-corrected chi connectivity index (χ0v) is 9.28. The number of ketones is 1. The van der Waals surface area contributed by atoms with E-state index in [9.17, 15) is 4.79 Å². The zero-order chi connectivity index (χ0) is 11.7. The van der Waals surface area contributed by atoms with Gasteiger partial charge in [-0.1, -0.05) is 30.3 Å². The minimum atomic E-state index is 0.104. The third-order valence-corrected chi connectivity index (χ3v) is 3.19. The molecule has 3 heteroatoms. The fourth-order valence-electron chi connectivity index (χ4n) is 2.18. The normalized spacial score (nSPS) is 22.1. The monoisotopic (exact) mass is 224 g/mol. The van der Waals surface area contributed by atoms with E-state index in [0.29, 0.717) is 11.6 Å². The van der Waals surface area contributed by atoms with E-state index >= 15 is 0 Å². The van der Waals surface area contributed by atoms with Crippen molar-refractivity contribution in [2.24, 2.45) is 5.92 Å². The molecule has 3 rings (SSSR count). The van der Waals surface area contributed by atoms with Crippen molar-refractivity contribution in [2.45, 2.75) is 12.3 Å². The summed E-state index contributed by atoms with van der Waals surface area (Å²) in [6.45, 7) is 0. The lowest BCUT2D eigenvalue weighted by Crippen LogP contribution is -2.05. The van der Waals surface area contributed by atoms with Crippen molar-refractivity contribution in [1.29, 1.82) is 0 Å². The highest BCUT2D eigenvalue weighted by molar-refractivity contribution is 5.98. The van der Waals surface area contributed by atoms with Crippen LogP contribution < -0.4 is 0 Å². The van der Waals surface area contributed by atoms with Crippen LogP contribution in [-0.4, -0.2) is 15.8 Å². The minimum absolute atomic E-state index is 0.104. The van der Waals surface area contributed by atoms with Crippen LogP contribution in [0, 0.1) is 5.92 Å². The van der Waals surface area contributed by atoms with Crippen LogP contribution >= 0.6 is 0 Å². The van der Waals surface area contributed by atoms with Gasteiger partial charge < -0.3 is 0 Å². The molecule has 2 atom stereocenters. The first kappa shape index (κ1) is 10.1. The average molecular weight is 224 g/mol. The highest BCUT2D eigenvalue weighted by Gasteiger charge is 2.44. The molecule has 0 bridgehead atoms. The summed E-state index contributed by atoms with van der Waals surface area (Å²) in [5.74, 6) is 0.618. The number of rotatable bonds is 3. The molecule has 0 radical (unpaired) electrons. The molecule has 0 spiro atoms. The number of aromatic nitrogens is 2. The molecule has 0 aliphatic heterocycles. The predicted molar refractivity (Wildman–Crippen MR) is 63.7 cm³/mol. The van der Waals surface area contributed by atoms with Gasteiger partial charge in [-0.2, -0.15) is 0 Å². The lowest BCUT2D eigenvalue weighted by atomic mass is 10.1. The van der Waals surface area contributed by atoms with Gasteiger partial charge in [0.15, 0.2) is 5.78 Å². The standard InChI is InChI=1S/C14H12N2O/c17-14(13-6-7-15-9-16-13)12-8-11(12)10-4-2-1-3-5-10/h1-7,9,11-12H,8H2. The number of Topliss-reactive ketones (excluding diaryl/α,β-unsaturated/α-hetero) is 1. The van der Waals surface area contributed by atoms with Crippen LogP contribution in [0.5, 0.6) is 0 Å². The predicted octanol–water partition coefficient (Wildman–Crippen LogP) is 2.46. The molecule has 0 N–H and O–H groups in total. The fourth-order valence-corrected chi connectivity index (χ4v) is 2.18. The highest BCUT2D eigenvalue weighted by Crippen LogP contribution is 2.48. The molecule has 0 amide bonds. The molecule has 1 aliphatic carbocycles. The summed E-state index contributed by atoms with van der Waals surface area (Å²) in [5, 5.41) is 0. The van der Waals surface area contributed by atoms with Gasteiger partial charge in [-0.3, -0.25) is 4.79 Å². The van der Waals surface area contributed by atoms with Crippen LogP contribution in [0.25, 0.3) is 0 Å². The maximum Gasteiger partial charge on any atom is 0.184 e. The largest absolute Gasteiger partial charge is 0.292 e. The summed E-state index contributed by atoms with van der Waals surface area (Å²) in [6.07, 6.45) is 3.97. The molecule has 2 unspecified atom stereocenters. The van der Waals surface area contributed by atoms with Gasteiger partial charge in [0, 0.05) is 12.1 Å². The SMILES string of the molecule is O=C(c1ccncn1)C1CC1c1ccccc1. The Hall–Kier alpha value is -2.03. The van der Waals surface area contributed by atoms with Crippen molar-refractivity contribution in [2.75, 3.05) is 0 Å². The first-order valence-electron chi connectivity index (χ1n) is 5.71. The number of carbonyl (C=O) groups is 1. The summed E-state index contributed by atoms with van der Waals surface area (Å²) in [6, 6.07) is 11.9. The third kappa shape index (κ3) is 1.96. The number of hydrogen-bond donors (Lipinski definition) is 0. The average Bonchev–Trinajstić information content (AvgIpc) is 3.20. The number of benzene rings is 1. The molecular formula is C14H12N2O. The molecular weight excluding hydrogens is 212 g/mol. The molecule has 1 saturated carbocycles. The van der Waals surface area contributed by atoms with Gasteiger partial charge >= 0.3 is 0 Å². The summed E-state index contributed by atoms with van der Waals surface area (Å²) in [4.78, 5) is 19.9. The van der Waals surface area contributed by atoms with Crippen LogP contribution in [-0.2, 0) is 0 Å². The smallest absolute Gasteiger partial charge is 0.184 e. The van der Waals surface area contributed by atoms with Crippen molar-refractivity contribution < 1.29 is 4.79 Å². The van der Waals surface area contributed by atoms with Crippen molar-refractivity contribution >= 4 is 5.78 Å². The van der Waals surface area contributed by atoms with Gasteiger partial charge in [0.25, 0.3) is 0 Å². The summed E-state index contributed by atoms with van der Waals surface area (Å²) in [5.41, 5.74) is 1.78. The number of nitrogens with zero attached hydrogens (tertiary/aromatic N) is 2. The van der Waals surface area contributed by atoms with Gasteiger partial charge in [-0.25, -0.2) is 9.97 Å². The molecule has 1 aliphatic rings. The van der Waals surface area contributed by atoms with E-state index in [1.54, 1.807) is 12.3 Å². The third-order valence-electron chi connectivity index (χ3n) is 3.19. The van der Waals surface area contributed by atoms with E-state index in [0.717, 1.165) is 6.42 Å². The van der Waals surface area contributed by atoms with Crippen LogP contribution in [0.3, 0.4) is 0 Å². The quantitative estimate of drug-likeness (QED) is 0.752. The van der Waals surface area contributed by atoms with Gasteiger partial charge in [-0.05, 0) is 24.0 Å². The molecule has 84 valence electrons. The van der Waals surface area contributed by atoms with Crippen molar-refractivity contribution in [3.8, 4) is 0 Å². The lowest BCUT2D eigenvalue weighted by molar-refractivity contribution is 0.0960. The molecule has 3 nitrogen and oxygen atoms in total. The highest BCUT2D eigenvalue weighted by atomic mass is 16.1. The molecule has 2 aromatic rings. The van der Waals surface area contributed by atoms with Gasteiger partial charge in [0.1, 0.15) is 12.0 Å². The van der Waals surface area contributed by atoms with Crippen molar-refractivity contribution in [3.05, 3.63) is 60.2 Å². The first-order valence-corrected chi connectivity index (χ1v) is 5.71. The summed E-state index contributed by atoms with van der Waals surface area (Å²) in [7, 11) is 0. The lowest BCUT2D eigenvalue weighted by Gasteiger charge is -1.99. The van der Waals surface area contributed by atoms with Gasteiger partial charge in [-0.15, -0.1) is 0 Å². The Morgan fingerprint density at radius 3 is 2.71 bits per heavy atom. The second kappa shape index (κ2) is 4.09. The Labute approximate surface area is 99.5 Å². The molecule has 1 aromatic heterocycles. The Morgan fingerprint density at radius 1 is 1.18 bits per heavy atom. The van der Waals surface area contributed by atoms with Crippen molar-refractivity contribution in [1.82, 2.24) is 9.97 Å². The maximum absolute atomic E-state index is 12.1. The molecule has 0 saturated heterocycles. The molecule has 1 aromatic carbocycles. The maximum atomic E-state index is 12.1. The van der Waals surface area contributed by atoms with E-state index in [4.69, 9.17) is 0 Å². The van der Waals surface area contributed by atoms with Crippen LogP contribution in [0.2, 0.25) is 0 Å². The van der Waals surface area contributed by atoms with Crippen molar-refractivity contribution in [3.63, 3.8) is 0 Å². The Bertz CT molecular complexity index is 524. The van der Waals surface area contributed by atoms with Crippen LogP contribution in [0.4, 0.5) is 0 Å². The zero-order valence-electron chi connectivity index (χ0n) is 9.28. The first-order chi connectivity index (χ1) is 8.36. The number of hydrogen-bond acceptors (Lipinski definition) is 3. The van der Waals surface area contributed by atoms with E-state index in [2.05, 4.69) is 22.1 Å². The van der Waals surface area contributed by atoms with Crippen LogP contribution in [0.15, 0.2) is 48.9 Å². The molecule has 1 heterocycles. The summed E-state index contributed by atoms with van der Waals surface area (Å²) >= 11 is 0. The van der Waals surface area contributed by atoms with E-state index in [-0.39, 0.29) is 11.7 Å². The van der Waals surface area contributed by atoms with E-state index < -0.39 is 0 Å². The molecule has 17 heavy (non-hydrogen) atoms. The second-order valence-electron chi connectivity index (χ2n) is 4.32. The Morgan fingerprint density at radius 2 is 2.00 bits per heavy atom.